The monoisotopic (exact) mass is 713 g/mol. The van der Waals surface area contributed by atoms with Crippen LogP contribution < -0.4 is 19.1 Å². The third-order valence-electron chi connectivity index (χ3n) is 7.10. The number of carbonyl (C=O) groups excluding carboxylic acids is 2. The van der Waals surface area contributed by atoms with E-state index in [9.17, 15) is 18.0 Å². The molecule has 4 aromatic rings. The van der Waals surface area contributed by atoms with Gasteiger partial charge in [0.05, 0.1) is 24.8 Å². The Hall–Kier alpha value is -4.06. The highest BCUT2D eigenvalue weighted by molar-refractivity contribution is 9.10. The molecule has 9 nitrogen and oxygen atoms in total. The van der Waals surface area contributed by atoms with Crippen LogP contribution in [-0.2, 0) is 32.6 Å². The second-order valence-corrected chi connectivity index (χ2v) is 13.2. The van der Waals surface area contributed by atoms with Gasteiger partial charge in [0.25, 0.3) is 10.0 Å². The van der Waals surface area contributed by atoms with E-state index in [1.54, 1.807) is 12.1 Å². The Labute approximate surface area is 276 Å². The Bertz CT molecular complexity index is 1740. The van der Waals surface area contributed by atoms with Gasteiger partial charge in [-0.2, -0.15) is 0 Å². The highest BCUT2D eigenvalue weighted by Gasteiger charge is 2.34. The van der Waals surface area contributed by atoms with Gasteiger partial charge in [-0.3, -0.25) is 13.9 Å². The minimum absolute atomic E-state index is 0.0497. The number of amides is 2. The van der Waals surface area contributed by atoms with E-state index in [2.05, 4.69) is 21.2 Å². The number of carbonyl (C=O) groups is 2. The van der Waals surface area contributed by atoms with Crippen molar-refractivity contribution in [2.45, 2.75) is 23.9 Å². The van der Waals surface area contributed by atoms with E-state index >= 15 is 0 Å². The molecule has 0 saturated heterocycles. The van der Waals surface area contributed by atoms with Gasteiger partial charge in [-0.15, -0.1) is 0 Å². The summed E-state index contributed by atoms with van der Waals surface area (Å²) in [5.74, 6) is -0.415. The smallest absolute Gasteiger partial charge is 0.264 e. The zero-order chi connectivity index (χ0) is 32.6. The molecule has 2 amide bonds. The number of rotatable bonds is 13. The quantitative estimate of drug-likeness (QED) is 0.191. The fourth-order valence-corrected chi connectivity index (χ4v) is 6.80. The molecule has 1 atom stereocenters. The molecule has 0 aromatic heterocycles. The number of methoxy groups -OCH3 is 2. The first kappa shape index (κ1) is 33.8. The lowest BCUT2D eigenvalue weighted by molar-refractivity contribution is -0.139. The van der Waals surface area contributed by atoms with Crippen molar-refractivity contribution in [2.75, 3.05) is 32.1 Å². The summed E-state index contributed by atoms with van der Waals surface area (Å²) in [6, 6.07) is 26.1. The zero-order valence-corrected chi connectivity index (χ0v) is 28.1. The first-order valence-electron chi connectivity index (χ1n) is 13.9. The molecule has 0 aliphatic carbocycles. The third-order valence-corrected chi connectivity index (χ3v) is 9.61. The molecule has 0 radical (unpaired) electrons. The number of ether oxygens (including phenoxy) is 2. The minimum atomic E-state index is -4.34. The van der Waals surface area contributed by atoms with Crippen LogP contribution >= 0.6 is 27.5 Å². The molecule has 0 aliphatic heterocycles. The van der Waals surface area contributed by atoms with Crippen molar-refractivity contribution in [3.05, 3.63) is 118 Å². The van der Waals surface area contributed by atoms with E-state index in [0.717, 1.165) is 19.9 Å². The molecular formula is C33H33BrClN3O6S. The van der Waals surface area contributed by atoms with Gasteiger partial charge in [-0.05, 0) is 59.7 Å². The van der Waals surface area contributed by atoms with Gasteiger partial charge in [0, 0.05) is 35.6 Å². The number of likely N-dealkylation sites (N-methyl/N-ethyl adjacent to an activating group) is 1. The maximum absolute atomic E-state index is 14.4. The average molecular weight is 715 g/mol. The van der Waals surface area contributed by atoms with Crippen molar-refractivity contribution in [3.63, 3.8) is 0 Å². The van der Waals surface area contributed by atoms with Gasteiger partial charge >= 0.3 is 0 Å². The molecule has 0 spiro atoms. The Morgan fingerprint density at radius 1 is 0.867 bits per heavy atom. The molecular weight excluding hydrogens is 682 g/mol. The third kappa shape index (κ3) is 8.36. The molecule has 236 valence electrons. The Morgan fingerprint density at radius 3 is 2.16 bits per heavy atom. The van der Waals surface area contributed by atoms with Crippen molar-refractivity contribution >= 4 is 55.1 Å². The zero-order valence-electron chi connectivity index (χ0n) is 24.9. The van der Waals surface area contributed by atoms with E-state index in [1.807, 2.05) is 54.6 Å². The van der Waals surface area contributed by atoms with E-state index in [-0.39, 0.29) is 35.2 Å². The van der Waals surface area contributed by atoms with Crippen LogP contribution in [0.3, 0.4) is 0 Å². The maximum Gasteiger partial charge on any atom is 0.264 e. The topological polar surface area (TPSA) is 105 Å². The van der Waals surface area contributed by atoms with Gasteiger partial charge in [0.1, 0.15) is 12.6 Å². The number of nitrogens with zero attached hydrogens (tertiary/aromatic N) is 2. The van der Waals surface area contributed by atoms with Gasteiger partial charge in [-0.25, -0.2) is 8.42 Å². The standard InChI is InChI=1S/C33H33BrClN3O6S/c1-36-33(40)29(19-23-8-5-4-6-9-23)37(21-24-10-7-11-25(34)18-24)32(39)22-38(27-14-12-26(35)13-15-27)45(41,42)28-16-17-30(43-2)31(20-28)44-3/h4-18,20,29H,19,21-22H2,1-3H3,(H,36,40)/t29-/m0/s1. The molecule has 0 aliphatic rings. The number of halogens is 2. The lowest BCUT2D eigenvalue weighted by atomic mass is 10.0. The van der Waals surface area contributed by atoms with Crippen molar-refractivity contribution < 1.29 is 27.5 Å². The highest BCUT2D eigenvalue weighted by atomic mass is 79.9. The molecule has 0 fully saturated rings. The number of benzene rings is 4. The lowest BCUT2D eigenvalue weighted by Gasteiger charge is -2.33. The van der Waals surface area contributed by atoms with Crippen LogP contribution in [0.4, 0.5) is 5.69 Å². The summed E-state index contributed by atoms with van der Waals surface area (Å²) in [6.07, 6.45) is 0.212. The van der Waals surface area contributed by atoms with Crippen LogP contribution in [0.25, 0.3) is 0 Å². The van der Waals surface area contributed by atoms with Crippen LogP contribution in [0.1, 0.15) is 11.1 Å². The van der Waals surface area contributed by atoms with Crippen LogP contribution in [0.5, 0.6) is 11.5 Å². The highest BCUT2D eigenvalue weighted by Crippen LogP contribution is 2.33. The summed E-state index contributed by atoms with van der Waals surface area (Å²) < 4.78 is 40.9. The summed E-state index contributed by atoms with van der Waals surface area (Å²) in [6.45, 7) is -0.553. The van der Waals surface area contributed by atoms with E-state index in [1.165, 1.54) is 56.5 Å². The second-order valence-electron chi connectivity index (χ2n) is 9.98. The predicted octanol–water partition coefficient (Wildman–Crippen LogP) is 5.70. The molecule has 45 heavy (non-hydrogen) atoms. The molecule has 12 heteroatoms. The fourth-order valence-electron chi connectivity index (χ4n) is 4.79. The van der Waals surface area contributed by atoms with Gasteiger partial charge in [-0.1, -0.05) is 70.0 Å². The van der Waals surface area contributed by atoms with Crippen LogP contribution in [-0.4, -0.2) is 59.0 Å². The Morgan fingerprint density at radius 2 is 1.53 bits per heavy atom. The average Bonchev–Trinajstić information content (AvgIpc) is 3.05. The first-order chi connectivity index (χ1) is 21.6. The van der Waals surface area contributed by atoms with Crippen LogP contribution in [0.15, 0.2) is 106 Å². The molecule has 0 unspecified atom stereocenters. The van der Waals surface area contributed by atoms with Gasteiger partial charge < -0.3 is 19.7 Å². The summed E-state index contributed by atoms with van der Waals surface area (Å²) in [5.41, 5.74) is 1.80. The van der Waals surface area contributed by atoms with E-state index in [0.29, 0.717) is 10.8 Å². The van der Waals surface area contributed by atoms with Gasteiger partial charge in [0.15, 0.2) is 11.5 Å². The number of hydrogen-bond acceptors (Lipinski definition) is 6. The van der Waals surface area contributed by atoms with Gasteiger partial charge in [0.2, 0.25) is 11.8 Å². The maximum atomic E-state index is 14.4. The van der Waals surface area contributed by atoms with Crippen LogP contribution in [0, 0.1) is 0 Å². The second kappa shape index (κ2) is 15.3. The SMILES string of the molecule is CNC(=O)[C@H](Cc1ccccc1)N(Cc1cccc(Br)c1)C(=O)CN(c1ccc(Cl)cc1)S(=O)(=O)c1ccc(OC)c(OC)c1. The van der Waals surface area contributed by atoms with Crippen molar-refractivity contribution in [1.82, 2.24) is 10.2 Å². The Balaban J connectivity index is 1.81. The first-order valence-corrected chi connectivity index (χ1v) is 16.5. The lowest BCUT2D eigenvalue weighted by Crippen LogP contribution is -2.53. The van der Waals surface area contributed by atoms with Crippen molar-refractivity contribution in [2.24, 2.45) is 0 Å². The predicted molar refractivity (Wildman–Crippen MR) is 178 cm³/mol. The number of hydrogen-bond donors (Lipinski definition) is 1. The fraction of sp³-hybridized carbons (Fsp3) is 0.212. The number of anilines is 1. The summed E-state index contributed by atoms with van der Waals surface area (Å²) in [5, 5.41) is 3.07. The molecule has 1 N–H and O–H groups in total. The summed E-state index contributed by atoms with van der Waals surface area (Å²) in [4.78, 5) is 29.1. The molecule has 0 heterocycles. The van der Waals surface area contributed by atoms with Crippen molar-refractivity contribution in [3.8, 4) is 11.5 Å². The summed E-state index contributed by atoms with van der Waals surface area (Å²) in [7, 11) is 0.00993. The largest absolute Gasteiger partial charge is 0.493 e. The molecule has 0 saturated carbocycles. The normalized spacial score (nSPS) is 11.8. The molecule has 0 bridgehead atoms. The number of sulfonamides is 1. The van der Waals surface area contributed by atoms with Crippen LogP contribution in [0.2, 0.25) is 5.02 Å². The van der Waals surface area contributed by atoms with Crippen molar-refractivity contribution in [1.29, 1.82) is 0 Å². The number of nitrogens with one attached hydrogen (secondary N) is 1. The molecule has 4 aromatic carbocycles. The van der Waals surface area contributed by atoms with E-state index in [4.69, 9.17) is 21.1 Å². The Kier molecular flexibility index (Phi) is 11.5. The molecule has 4 rings (SSSR count). The minimum Gasteiger partial charge on any atom is -0.493 e. The summed E-state index contributed by atoms with van der Waals surface area (Å²) >= 11 is 9.60. The van der Waals surface area contributed by atoms with E-state index < -0.39 is 28.5 Å².